The maximum absolute atomic E-state index is 13.5. The highest BCUT2D eigenvalue weighted by molar-refractivity contribution is 5.85. The van der Waals surface area contributed by atoms with Crippen LogP contribution in [0.3, 0.4) is 0 Å². The average molecular weight is 656 g/mol. The largest absolute Gasteiger partial charge is 0.458 e. The summed E-state index contributed by atoms with van der Waals surface area (Å²) >= 11 is 0. The highest BCUT2D eigenvalue weighted by Crippen LogP contribution is 2.70. The summed E-state index contributed by atoms with van der Waals surface area (Å²) in [5.41, 5.74) is -1.15. The number of nitrogens with zero attached hydrogens (tertiary/aromatic N) is 1. The highest BCUT2D eigenvalue weighted by atomic mass is 19.1. The van der Waals surface area contributed by atoms with Gasteiger partial charge in [-0.2, -0.15) is 0 Å². The van der Waals surface area contributed by atoms with Crippen molar-refractivity contribution in [1.82, 2.24) is 0 Å². The molecular formula is C37H50FNO8. The van der Waals surface area contributed by atoms with Crippen molar-refractivity contribution < 1.29 is 43.8 Å². The minimum absolute atomic E-state index is 0.00644. The molecule has 4 aliphatic carbocycles. The number of cyclic esters (lactones) is 1. The number of esters is 1. The Hall–Kier alpha value is -2.21. The maximum atomic E-state index is 13.5. The molecule has 12 atom stereocenters. The van der Waals surface area contributed by atoms with Gasteiger partial charge in [-0.25, -0.2) is 9.18 Å². The monoisotopic (exact) mass is 655 g/mol. The normalized spacial score (nSPS) is 46.4. The molecule has 10 heteroatoms. The number of rotatable bonds is 7. The Bertz CT molecular complexity index is 1390. The van der Waals surface area contributed by atoms with Gasteiger partial charge < -0.3 is 34.6 Å². The van der Waals surface area contributed by atoms with E-state index in [0.717, 1.165) is 30.4 Å². The third-order valence-electron chi connectivity index (χ3n) is 13.4. The molecule has 258 valence electrons. The number of carbonyl (C=O) groups is 1. The van der Waals surface area contributed by atoms with E-state index in [1.54, 1.807) is 25.1 Å². The van der Waals surface area contributed by atoms with E-state index < -0.39 is 46.6 Å². The molecule has 1 saturated heterocycles. The topological polar surface area (TPSA) is 138 Å². The van der Waals surface area contributed by atoms with Crippen molar-refractivity contribution in [2.75, 3.05) is 13.2 Å². The number of aliphatic imine (C=N–C) groups is 1. The Morgan fingerprint density at radius 3 is 2.53 bits per heavy atom. The number of aliphatic hydroxyl groups is 4. The lowest BCUT2D eigenvalue weighted by Crippen LogP contribution is -2.69. The highest BCUT2D eigenvalue weighted by Gasteiger charge is 2.71. The van der Waals surface area contributed by atoms with Gasteiger partial charge in [0.1, 0.15) is 18.5 Å². The third-order valence-corrected chi connectivity index (χ3v) is 13.4. The lowest BCUT2D eigenvalue weighted by molar-refractivity contribution is -0.282. The lowest BCUT2D eigenvalue weighted by atomic mass is 9.41. The lowest BCUT2D eigenvalue weighted by Gasteiger charge is -2.66. The predicted octanol–water partition coefficient (Wildman–Crippen LogP) is 4.03. The molecule has 2 heterocycles. The molecule has 2 aliphatic heterocycles. The summed E-state index contributed by atoms with van der Waals surface area (Å²) < 4.78 is 31.0. The fourth-order valence-corrected chi connectivity index (χ4v) is 10.9. The molecule has 0 bridgehead atoms. The summed E-state index contributed by atoms with van der Waals surface area (Å²) in [4.78, 5) is 16.9. The van der Waals surface area contributed by atoms with Crippen LogP contribution in [0.25, 0.3) is 0 Å². The number of ether oxygens (including phenoxy) is 3. The molecular weight excluding hydrogens is 605 g/mol. The van der Waals surface area contributed by atoms with Gasteiger partial charge in [0.05, 0.1) is 29.5 Å². The van der Waals surface area contributed by atoms with Crippen molar-refractivity contribution in [3.8, 4) is 0 Å². The number of fused-ring (bicyclic) bond motifs is 5. The van der Waals surface area contributed by atoms with Gasteiger partial charge in [0.2, 0.25) is 0 Å². The second-order valence-electron chi connectivity index (χ2n) is 15.6. The Morgan fingerprint density at radius 1 is 1.04 bits per heavy atom. The van der Waals surface area contributed by atoms with Crippen molar-refractivity contribution >= 4 is 12.2 Å². The number of hydrogen-bond acceptors (Lipinski definition) is 9. The molecule has 1 aromatic rings. The van der Waals surface area contributed by atoms with E-state index in [1.807, 2.05) is 6.21 Å². The van der Waals surface area contributed by atoms with E-state index in [9.17, 15) is 29.6 Å². The molecule has 9 nitrogen and oxygen atoms in total. The van der Waals surface area contributed by atoms with Crippen LogP contribution >= 0.6 is 0 Å². The van der Waals surface area contributed by atoms with E-state index in [4.69, 9.17) is 19.2 Å². The quantitative estimate of drug-likeness (QED) is 0.196. The van der Waals surface area contributed by atoms with E-state index in [-0.39, 0.29) is 42.1 Å². The molecule has 0 radical (unpaired) electrons. The molecule has 4 saturated carbocycles. The SMILES string of the molecule is C[C@@H]1O[C@H](O[C@H]2CC[C@]3(C=NCCc4ccc(F)cc4)[C@H]4CC[C@]5(C)[C@@H](C6=CC(=O)OC6)CC[C@]5(O)[C@@H]4CC[C@]3(O)C2)C[C@@H](O)[C@@H]1O. The van der Waals surface area contributed by atoms with Crippen LogP contribution in [0, 0.1) is 34.4 Å². The van der Waals surface area contributed by atoms with Gasteiger partial charge in [0.15, 0.2) is 6.29 Å². The van der Waals surface area contributed by atoms with Crippen molar-refractivity contribution in [3.05, 3.63) is 47.3 Å². The van der Waals surface area contributed by atoms with Crippen molar-refractivity contribution in [3.63, 3.8) is 0 Å². The molecule has 1 aromatic carbocycles. The Kier molecular flexibility index (Phi) is 8.70. The average Bonchev–Trinajstić information content (AvgIpc) is 3.58. The predicted molar refractivity (Wildman–Crippen MR) is 171 cm³/mol. The smallest absolute Gasteiger partial charge is 0.331 e. The molecule has 5 fully saturated rings. The van der Waals surface area contributed by atoms with Crippen LogP contribution in [0.4, 0.5) is 4.39 Å². The molecule has 0 amide bonds. The van der Waals surface area contributed by atoms with E-state index in [1.165, 1.54) is 12.1 Å². The number of aliphatic hydroxyl groups excluding tert-OH is 2. The first kappa shape index (κ1) is 33.3. The van der Waals surface area contributed by atoms with E-state index >= 15 is 0 Å². The van der Waals surface area contributed by atoms with Gasteiger partial charge in [-0.05, 0) is 106 Å². The minimum atomic E-state index is -1.12. The van der Waals surface area contributed by atoms with Crippen LogP contribution in [0.1, 0.15) is 83.6 Å². The van der Waals surface area contributed by atoms with Gasteiger partial charge >= 0.3 is 5.97 Å². The van der Waals surface area contributed by atoms with Crippen molar-refractivity contribution in [2.45, 2.75) is 126 Å². The first-order valence-corrected chi connectivity index (χ1v) is 17.6. The minimum Gasteiger partial charge on any atom is -0.458 e. The van der Waals surface area contributed by atoms with Crippen LogP contribution in [-0.4, -0.2) is 87.7 Å². The molecule has 7 rings (SSSR count). The number of carbonyl (C=O) groups excluding carboxylic acids is 1. The molecule has 0 aromatic heterocycles. The fourth-order valence-electron chi connectivity index (χ4n) is 10.9. The first-order chi connectivity index (χ1) is 22.4. The van der Waals surface area contributed by atoms with E-state index in [2.05, 4.69) is 6.92 Å². The van der Waals surface area contributed by atoms with Gasteiger partial charge in [-0.1, -0.05) is 19.1 Å². The van der Waals surface area contributed by atoms with E-state index in [0.29, 0.717) is 58.1 Å². The summed E-state index contributed by atoms with van der Waals surface area (Å²) in [6.45, 7) is 4.71. The summed E-state index contributed by atoms with van der Waals surface area (Å²) in [7, 11) is 0. The molecule has 0 spiro atoms. The van der Waals surface area contributed by atoms with Gasteiger partial charge in [-0.3, -0.25) is 4.99 Å². The number of halogens is 1. The zero-order chi connectivity index (χ0) is 33.2. The fraction of sp³-hybridized carbons (Fsp3) is 0.730. The van der Waals surface area contributed by atoms with Crippen molar-refractivity contribution in [1.29, 1.82) is 0 Å². The Labute approximate surface area is 276 Å². The summed E-state index contributed by atoms with van der Waals surface area (Å²) in [6.07, 6.45) is 6.93. The van der Waals surface area contributed by atoms with Crippen LogP contribution in [0.15, 0.2) is 40.9 Å². The van der Waals surface area contributed by atoms with Crippen LogP contribution in [-0.2, 0) is 25.4 Å². The van der Waals surface area contributed by atoms with Crippen LogP contribution in [0.5, 0.6) is 0 Å². The van der Waals surface area contributed by atoms with Gasteiger partial charge in [0.25, 0.3) is 0 Å². The summed E-state index contributed by atoms with van der Waals surface area (Å²) in [5, 5.41) is 46.0. The zero-order valence-corrected chi connectivity index (χ0v) is 27.5. The molecule has 0 unspecified atom stereocenters. The summed E-state index contributed by atoms with van der Waals surface area (Å²) in [5.74, 6) is -0.523. The summed E-state index contributed by atoms with van der Waals surface area (Å²) in [6, 6.07) is 6.46. The standard InChI is InChI=1S/C37H50FNO8/c1-22-33(42)30(40)18-32(46-22)47-26-7-13-35(21-39-16-11-23-3-5-25(38)6-4-23)28-8-12-34(2)27(24-17-31(41)45-20-24)10-15-37(34,44)29(28)9-14-36(35,43)19-26/h3-6,17,21-22,26-30,32-33,40,42-44H,7-16,18-20H2,1-2H3/t22-,26-,27+,28-,29+,30+,32+,33+,34+,35-,36-,37-/m0/s1. The molecule has 4 N–H and O–H groups in total. The first-order valence-electron chi connectivity index (χ1n) is 17.6. The molecule has 47 heavy (non-hydrogen) atoms. The van der Waals surface area contributed by atoms with Gasteiger partial charge in [-0.15, -0.1) is 0 Å². The second-order valence-corrected chi connectivity index (χ2v) is 15.6. The van der Waals surface area contributed by atoms with Crippen LogP contribution in [0.2, 0.25) is 0 Å². The number of benzene rings is 1. The maximum Gasteiger partial charge on any atom is 0.331 e. The van der Waals surface area contributed by atoms with Crippen LogP contribution < -0.4 is 0 Å². The third kappa shape index (κ3) is 5.51. The molecule has 6 aliphatic rings. The van der Waals surface area contributed by atoms with Gasteiger partial charge in [0, 0.05) is 42.5 Å². The number of hydrogen-bond donors (Lipinski definition) is 4. The van der Waals surface area contributed by atoms with Crippen molar-refractivity contribution in [2.24, 2.45) is 33.6 Å². The second kappa shape index (κ2) is 12.3. The zero-order valence-electron chi connectivity index (χ0n) is 27.5. The Balaban J connectivity index is 1.15. The Morgan fingerprint density at radius 2 is 1.81 bits per heavy atom.